The van der Waals surface area contributed by atoms with Gasteiger partial charge in [-0.25, -0.2) is 4.39 Å². The molecule has 1 aromatic carbocycles. The molecule has 0 bridgehead atoms. The van der Waals surface area contributed by atoms with Crippen molar-refractivity contribution in [2.75, 3.05) is 39.8 Å². The largest absolute Gasteiger partial charge is 0.350 e. The lowest BCUT2D eigenvalue weighted by Gasteiger charge is -2.38. The lowest BCUT2D eigenvalue weighted by molar-refractivity contribution is 0.0883. The first-order chi connectivity index (χ1) is 12.1. The fourth-order valence-electron chi connectivity index (χ4n) is 3.05. The Morgan fingerprint density at radius 3 is 2.72 bits per heavy atom. The van der Waals surface area contributed by atoms with Gasteiger partial charge in [0.2, 0.25) is 0 Å². The molecule has 0 aliphatic carbocycles. The molecule has 134 valence electrons. The van der Waals surface area contributed by atoms with Crippen molar-refractivity contribution in [2.24, 2.45) is 0 Å². The van der Waals surface area contributed by atoms with Gasteiger partial charge in [-0.3, -0.25) is 9.69 Å². The molecule has 7 heteroatoms. The first kappa shape index (κ1) is 18.3. The topological polar surface area (TPSA) is 35.6 Å². The van der Waals surface area contributed by atoms with Gasteiger partial charge in [0.1, 0.15) is 5.82 Å². The summed E-state index contributed by atoms with van der Waals surface area (Å²) in [6, 6.07) is 6.42. The van der Waals surface area contributed by atoms with Crippen molar-refractivity contribution in [3.8, 4) is 0 Å². The van der Waals surface area contributed by atoms with Crippen molar-refractivity contribution in [1.29, 1.82) is 0 Å². The summed E-state index contributed by atoms with van der Waals surface area (Å²) in [5, 5.41) is 7.13. The monoisotopic (exact) mass is 381 g/mol. The summed E-state index contributed by atoms with van der Waals surface area (Å²) >= 11 is 7.63. The quantitative estimate of drug-likeness (QED) is 0.863. The fourth-order valence-corrected chi connectivity index (χ4v) is 4.00. The Morgan fingerprint density at radius 2 is 2.08 bits per heavy atom. The van der Waals surface area contributed by atoms with Crippen LogP contribution in [0.15, 0.2) is 35.0 Å². The van der Waals surface area contributed by atoms with Crippen molar-refractivity contribution in [3.05, 3.63) is 57.0 Å². The van der Waals surface area contributed by atoms with Crippen LogP contribution in [0.1, 0.15) is 22.0 Å². The average Bonchev–Trinajstić information content (AvgIpc) is 3.11. The van der Waals surface area contributed by atoms with Crippen molar-refractivity contribution in [2.45, 2.75) is 6.04 Å². The molecule has 0 saturated carbocycles. The second-order valence-electron chi connectivity index (χ2n) is 6.22. The van der Waals surface area contributed by atoms with Gasteiger partial charge in [-0.1, -0.05) is 17.7 Å². The highest BCUT2D eigenvalue weighted by Crippen LogP contribution is 2.24. The van der Waals surface area contributed by atoms with Crippen LogP contribution >= 0.6 is 22.9 Å². The molecule has 1 aromatic heterocycles. The van der Waals surface area contributed by atoms with E-state index in [1.54, 1.807) is 11.3 Å². The molecule has 1 aliphatic rings. The number of piperazine rings is 1. The lowest BCUT2D eigenvalue weighted by atomic mass is 10.1. The number of halogens is 2. The normalized spacial score (nSPS) is 17.4. The molecule has 1 atom stereocenters. The predicted molar refractivity (Wildman–Crippen MR) is 99.9 cm³/mol. The van der Waals surface area contributed by atoms with Gasteiger partial charge in [-0.05, 0) is 41.6 Å². The maximum Gasteiger partial charge on any atom is 0.255 e. The van der Waals surface area contributed by atoms with Gasteiger partial charge in [-0.2, -0.15) is 11.3 Å². The van der Waals surface area contributed by atoms with Gasteiger partial charge in [0.25, 0.3) is 5.91 Å². The van der Waals surface area contributed by atoms with E-state index in [-0.39, 0.29) is 16.6 Å². The molecule has 2 aromatic rings. The molecule has 0 spiro atoms. The van der Waals surface area contributed by atoms with Gasteiger partial charge >= 0.3 is 0 Å². The van der Waals surface area contributed by atoms with Crippen LogP contribution in [0, 0.1) is 5.82 Å². The number of carbonyl (C=O) groups excluding carboxylic acids is 1. The molecule has 0 unspecified atom stereocenters. The molecule has 25 heavy (non-hydrogen) atoms. The molecule has 1 aliphatic heterocycles. The Morgan fingerprint density at radius 1 is 1.32 bits per heavy atom. The average molecular weight is 382 g/mol. The van der Waals surface area contributed by atoms with Gasteiger partial charge < -0.3 is 10.2 Å². The zero-order chi connectivity index (χ0) is 17.8. The third kappa shape index (κ3) is 4.39. The van der Waals surface area contributed by atoms with Gasteiger partial charge in [0.05, 0.1) is 16.6 Å². The van der Waals surface area contributed by atoms with E-state index in [2.05, 4.69) is 33.6 Å². The summed E-state index contributed by atoms with van der Waals surface area (Å²) in [4.78, 5) is 17.1. The third-order valence-electron chi connectivity index (χ3n) is 4.55. The fraction of sp³-hybridized carbons (Fsp3) is 0.389. The summed E-state index contributed by atoms with van der Waals surface area (Å²) in [7, 11) is 2.11. The number of amides is 1. The van der Waals surface area contributed by atoms with Crippen LogP contribution in [0.5, 0.6) is 0 Å². The van der Waals surface area contributed by atoms with Gasteiger partial charge in [0.15, 0.2) is 0 Å². The van der Waals surface area contributed by atoms with Crippen LogP contribution in [0.25, 0.3) is 0 Å². The van der Waals surface area contributed by atoms with E-state index >= 15 is 0 Å². The smallest absolute Gasteiger partial charge is 0.255 e. The Kier molecular flexibility index (Phi) is 6.06. The van der Waals surface area contributed by atoms with Gasteiger partial charge in [-0.15, -0.1) is 0 Å². The first-order valence-electron chi connectivity index (χ1n) is 8.23. The number of nitrogens with one attached hydrogen (secondary N) is 1. The molecule has 4 nitrogen and oxygen atoms in total. The first-order valence-corrected chi connectivity index (χ1v) is 9.55. The summed E-state index contributed by atoms with van der Waals surface area (Å²) in [6.45, 7) is 4.28. The molecular weight excluding hydrogens is 361 g/mol. The van der Waals surface area contributed by atoms with Crippen LogP contribution in [-0.2, 0) is 0 Å². The van der Waals surface area contributed by atoms with E-state index in [1.165, 1.54) is 23.8 Å². The minimum absolute atomic E-state index is 0.0782. The molecule has 3 rings (SSSR count). The van der Waals surface area contributed by atoms with E-state index in [0.29, 0.717) is 6.54 Å². The van der Waals surface area contributed by atoms with Crippen LogP contribution < -0.4 is 5.32 Å². The van der Waals surface area contributed by atoms with Crippen LogP contribution in [0.2, 0.25) is 5.02 Å². The predicted octanol–water partition coefficient (Wildman–Crippen LogP) is 3.26. The maximum atomic E-state index is 13.9. The summed E-state index contributed by atoms with van der Waals surface area (Å²) in [6.07, 6.45) is 0. The number of benzene rings is 1. The van der Waals surface area contributed by atoms with Gasteiger partial charge in [0, 0.05) is 32.7 Å². The van der Waals surface area contributed by atoms with Crippen LogP contribution in [0.4, 0.5) is 4.39 Å². The summed E-state index contributed by atoms with van der Waals surface area (Å²) in [5.41, 5.74) is 1.08. The minimum atomic E-state index is -0.600. The van der Waals surface area contributed by atoms with E-state index in [4.69, 9.17) is 11.6 Å². The number of thiophene rings is 1. The van der Waals surface area contributed by atoms with Crippen molar-refractivity contribution in [1.82, 2.24) is 15.1 Å². The number of nitrogens with zero attached hydrogens (tertiary/aromatic N) is 2. The molecule has 1 amide bonds. The summed E-state index contributed by atoms with van der Waals surface area (Å²) < 4.78 is 13.9. The van der Waals surface area contributed by atoms with Crippen LogP contribution in [0.3, 0.4) is 0 Å². The zero-order valence-electron chi connectivity index (χ0n) is 14.0. The highest BCUT2D eigenvalue weighted by atomic mass is 35.5. The highest BCUT2D eigenvalue weighted by Gasteiger charge is 2.25. The number of likely N-dealkylation sites (N-methyl/N-ethyl adjacent to an activating group) is 1. The Balaban J connectivity index is 1.72. The minimum Gasteiger partial charge on any atom is -0.350 e. The molecular formula is C18H21ClFN3OS. The number of carbonyl (C=O) groups is 1. The maximum absolute atomic E-state index is 13.9. The molecule has 1 saturated heterocycles. The second-order valence-corrected chi connectivity index (χ2v) is 7.41. The lowest BCUT2D eigenvalue weighted by Crippen LogP contribution is -2.48. The third-order valence-corrected chi connectivity index (χ3v) is 5.57. The highest BCUT2D eigenvalue weighted by molar-refractivity contribution is 7.07. The van der Waals surface area contributed by atoms with E-state index < -0.39 is 11.7 Å². The Bertz CT molecular complexity index is 697. The van der Waals surface area contributed by atoms with Crippen molar-refractivity contribution >= 4 is 28.8 Å². The molecule has 1 N–H and O–H groups in total. The SMILES string of the molecule is CN1CCN([C@@H](CNC(=O)c2c(F)cccc2Cl)c2ccsc2)CC1. The Labute approximate surface area is 156 Å². The van der Waals surface area contributed by atoms with E-state index in [0.717, 1.165) is 26.2 Å². The van der Waals surface area contributed by atoms with Crippen LogP contribution in [-0.4, -0.2) is 55.5 Å². The van der Waals surface area contributed by atoms with E-state index in [9.17, 15) is 9.18 Å². The summed E-state index contributed by atoms with van der Waals surface area (Å²) in [5.74, 6) is -1.07. The van der Waals surface area contributed by atoms with E-state index in [1.807, 2.05) is 5.38 Å². The standard InChI is InChI=1S/C18H21ClFN3OS/c1-22-6-8-23(9-7-22)16(13-5-10-25-12-13)11-21-18(24)17-14(19)3-2-4-15(17)20/h2-5,10,12,16H,6-9,11H2,1H3,(H,21,24)/t16-/m0/s1. The van der Waals surface area contributed by atoms with Crippen molar-refractivity contribution < 1.29 is 9.18 Å². The van der Waals surface area contributed by atoms with Crippen molar-refractivity contribution in [3.63, 3.8) is 0 Å². The molecule has 1 fully saturated rings. The number of hydrogen-bond acceptors (Lipinski definition) is 4. The zero-order valence-corrected chi connectivity index (χ0v) is 15.6. The molecule has 2 heterocycles. The molecule has 0 radical (unpaired) electrons. The Hall–Kier alpha value is -1.47. The second kappa shape index (κ2) is 8.27. The number of rotatable bonds is 5. The number of hydrogen-bond donors (Lipinski definition) is 1.